The Kier molecular flexibility index (Phi) is 7.34. The number of hydrogen-bond donors (Lipinski definition) is 1. The molecule has 1 amide bonds. The van der Waals surface area contributed by atoms with Crippen molar-refractivity contribution in [1.29, 1.82) is 0 Å². The smallest absolute Gasteiger partial charge is 0.407 e. The van der Waals surface area contributed by atoms with Gasteiger partial charge in [0.05, 0.1) is 0 Å². The molecule has 4 nitrogen and oxygen atoms in total. The molecule has 1 fully saturated rings. The Balaban J connectivity index is 1.67. The molecule has 0 unspecified atom stereocenters. The van der Waals surface area contributed by atoms with Crippen LogP contribution in [0, 0.1) is 0 Å². The molecule has 0 atom stereocenters. The lowest BCUT2D eigenvalue weighted by Gasteiger charge is -2.38. The van der Waals surface area contributed by atoms with E-state index in [2.05, 4.69) is 79.4 Å². The third-order valence-corrected chi connectivity index (χ3v) is 5.69. The molecule has 1 saturated heterocycles. The first-order chi connectivity index (χ1) is 14.0. The number of anilines is 1. The number of nitrogens with zero attached hydrogens (tertiary/aromatic N) is 2. The molecule has 3 rings (SSSR count). The number of rotatable bonds is 7. The van der Waals surface area contributed by atoms with Gasteiger partial charge in [0.15, 0.2) is 0 Å². The van der Waals surface area contributed by atoms with Crippen molar-refractivity contribution < 1.29 is 9.90 Å². The predicted molar refractivity (Wildman–Crippen MR) is 120 cm³/mol. The number of amides is 1. The van der Waals surface area contributed by atoms with E-state index in [4.69, 9.17) is 0 Å². The van der Waals surface area contributed by atoms with Gasteiger partial charge in [-0.1, -0.05) is 54.1 Å². The molecule has 0 aromatic heterocycles. The number of piperidine rings is 1. The van der Waals surface area contributed by atoms with Gasteiger partial charge in [-0.2, -0.15) is 0 Å². The number of benzene rings is 2. The quantitative estimate of drug-likeness (QED) is 0.643. The number of likely N-dealkylation sites (tertiary alicyclic amines) is 1. The molecular weight excluding hydrogens is 360 g/mol. The first-order valence-corrected chi connectivity index (χ1v) is 10.5. The molecule has 154 valence electrons. The molecule has 0 bridgehead atoms. The van der Waals surface area contributed by atoms with Crippen molar-refractivity contribution in [3.8, 4) is 0 Å². The molecular formula is C25H32N2O2. The van der Waals surface area contributed by atoms with Crippen LogP contribution in [0.25, 0.3) is 0 Å². The summed E-state index contributed by atoms with van der Waals surface area (Å²) >= 11 is 0. The van der Waals surface area contributed by atoms with Crippen LogP contribution in [-0.2, 0) is 12.8 Å². The topological polar surface area (TPSA) is 43.8 Å². The Morgan fingerprint density at radius 3 is 2.14 bits per heavy atom. The second-order valence-electron chi connectivity index (χ2n) is 8.09. The molecule has 0 spiro atoms. The van der Waals surface area contributed by atoms with Crippen LogP contribution in [0.4, 0.5) is 10.5 Å². The minimum absolute atomic E-state index is 0.372. The van der Waals surface area contributed by atoms with Gasteiger partial charge in [0, 0.05) is 31.4 Å². The Morgan fingerprint density at radius 2 is 1.59 bits per heavy atom. The second-order valence-corrected chi connectivity index (χ2v) is 8.09. The lowest BCUT2D eigenvalue weighted by atomic mass is 10.0. The molecule has 1 N–H and O–H groups in total. The lowest BCUT2D eigenvalue weighted by molar-refractivity contribution is 0.132. The van der Waals surface area contributed by atoms with Crippen LogP contribution in [-0.4, -0.2) is 41.8 Å². The Labute approximate surface area is 174 Å². The highest BCUT2D eigenvalue weighted by molar-refractivity contribution is 5.65. The summed E-state index contributed by atoms with van der Waals surface area (Å²) < 4.78 is 0. The molecule has 0 radical (unpaired) electrons. The van der Waals surface area contributed by atoms with Crippen molar-refractivity contribution in [2.75, 3.05) is 24.5 Å². The van der Waals surface area contributed by atoms with Gasteiger partial charge in [-0.25, -0.2) is 4.79 Å². The van der Waals surface area contributed by atoms with E-state index in [1.54, 1.807) is 0 Å². The zero-order valence-corrected chi connectivity index (χ0v) is 17.6. The number of carboxylic acid groups (broad SMARTS) is 1. The van der Waals surface area contributed by atoms with Crippen LogP contribution in [0.15, 0.2) is 66.2 Å². The van der Waals surface area contributed by atoms with E-state index < -0.39 is 6.09 Å². The van der Waals surface area contributed by atoms with Crippen LogP contribution in [0.5, 0.6) is 0 Å². The Morgan fingerprint density at radius 1 is 1.00 bits per heavy atom. The van der Waals surface area contributed by atoms with Crippen LogP contribution >= 0.6 is 0 Å². The average Bonchev–Trinajstić information content (AvgIpc) is 2.74. The summed E-state index contributed by atoms with van der Waals surface area (Å²) in [4.78, 5) is 15.2. The van der Waals surface area contributed by atoms with E-state index in [9.17, 15) is 9.90 Å². The van der Waals surface area contributed by atoms with Crippen molar-refractivity contribution in [3.63, 3.8) is 0 Å². The van der Waals surface area contributed by atoms with Gasteiger partial charge in [0.1, 0.15) is 0 Å². The summed E-state index contributed by atoms with van der Waals surface area (Å²) in [5.41, 5.74) is 5.24. The van der Waals surface area contributed by atoms with Gasteiger partial charge in [-0.05, 0) is 62.8 Å². The number of hydrogen-bond acceptors (Lipinski definition) is 2. The molecule has 2 aromatic carbocycles. The van der Waals surface area contributed by atoms with Crippen LogP contribution in [0.3, 0.4) is 0 Å². The van der Waals surface area contributed by atoms with Crippen molar-refractivity contribution in [2.45, 2.75) is 45.6 Å². The minimum Gasteiger partial charge on any atom is -0.465 e. The van der Waals surface area contributed by atoms with E-state index in [1.807, 2.05) is 0 Å². The first-order valence-electron chi connectivity index (χ1n) is 10.5. The van der Waals surface area contributed by atoms with Crippen molar-refractivity contribution in [2.24, 2.45) is 0 Å². The molecule has 0 saturated carbocycles. The third kappa shape index (κ3) is 6.11. The Hall–Kier alpha value is -2.75. The van der Waals surface area contributed by atoms with E-state index in [0.717, 1.165) is 32.2 Å². The summed E-state index contributed by atoms with van der Waals surface area (Å²) in [7, 11) is 0. The summed E-state index contributed by atoms with van der Waals surface area (Å²) in [5, 5.41) is 9.22. The lowest BCUT2D eigenvalue weighted by Crippen LogP contribution is -2.46. The van der Waals surface area contributed by atoms with Crippen molar-refractivity contribution in [3.05, 3.63) is 77.4 Å². The van der Waals surface area contributed by atoms with Gasteiger partial charge in [0.25, 0.3) is 0 Å². The molecule has 4 heteroatoms. The third-order valence-electron chi connectivity index (χ3n) is 5.69. The van der Waals surface area contributed by atoms with Gasteiger partial charge < -0.3 is 14.9 Å². The Bertz CT molecular complexity index is 802. The minimum atomic E-state index is -0.804. The fraction of sp³-hybridized carbons (Fsp3) is 0.400. The fourth-order valence-corrected chi connectivity index (χ4v) is 3.90. The van der Waals surface area contributed by atoms with Gasteiger partial charge >= 0.3 is 6.09 Å². The van der Waals surface area contributed by atoms with Crippen LogP contribution in [0.2, 0.25) is 0 Å². The van der Waals surface area contributed by atoms with Gasteiger partial charge in [-0.3, -0.25) is 0 Å². The fourth-order valence-electron chi connectivity index (χ4n) is 3.90. The normalized spacial score (nSPS) is 14.5. The SMILES string of the molecule is CC(C)=CCN(c1ccc(CCc2ccccc2)cc1)C1CCN(C(=O)O)CC1. The zero-order valence-electron chi connectivity index (χ0n) is 17.6. The summed E-state index contributed by atoms with van der Waals surface area (Å²) in [6, 6.07) is 19.9. The number of allylic oxidation sites excluding steroid dienone is 1. The first kappa shape index (κ1) is 21.0. The molecule has 1 aliphatic heterocycles. The maximum absolute atomic E-state index is 11.2. The molecule has 29 heavy (non-hydrogen) atoms. The largest absolute Gasteiger partial charge is 0.465 e. The standard InChI is InChI=1S/C25H32N2O2/c1-20(2)14-19-27(24-15-17-26(18-16-24)25(28)29)23-12-10-22(11-13-23)9-8-21-6-4-3-5-7-21/h3-7,10-14,24H,8-9,15-19H2,1-2H3,(H,28,29). The average molecular weight is 393 g/mol. The maximum Gasteiger partial charge on any atom is 0.407 e. The van der Waals surface area contributed by atoms with Gasteiger partial charge in [0.2, 0.25) is 0 Å². The number of aryl methyl sites for hydroxylation is 2. The van der Waals surface area contributed by atoms with Crippen LogP contribution < -0.4 is 4.90 Å². The van der Waals surface area contributed by atoms with E-state index >= 15 is 0 Å². The van der Waals surface area contributed by atoms with Gasteiger partial charge in [-0.15, -0.1) is 0 Å². The molecule has 2 aromatic rings. The van der Waals surface area contributed by atoms with E-state index in [1.165, 1.54) is 27.3 Å². The van der Waals surface area contributed by atoms with Crippen LogP contribution in [0.1, 0.15) is 37.8 Å². The molecule has 1 aliphatic rings. The summed E-state index contributed by atoms with van der Waals surface area (Å²) in [6.07, 6.45) is 5.29. The van der Waals surface area contributed by atoms with E-state index in [-0.39, 0.29) is 0 Å². The molecule has 1 heterocycles. The van der Waals surface area contributed by atoms with Crippen molar-refractivity contribution >= 4 is 11.8 Å². The summed E-state index contributed by atoms with van der Waals surface area (Å²) in [6.45, 7) is 6.33. The monoisotopic (exact) mass is 392 g/mol. The highest BCUT2D eigenvalue weighted by atomic mass is 16.4. The van der Waals surface area contributed by atoms with Crippen molar-refractivity contribution in [1.82, 2.24) is 4.90 Å². The second kappa shape index (κ2) is 10.1. The predicted octanol–water partition coefficient (Wildman–Crippen LogP) is 5.39. The zero-order chi connectivity index (χ0) is 20.6. The van der Waals surface area contributed by atoms with E-state index in [0.29, 0.717) is 19.1 Å². The molecule has 0 aliphatic carbocycles. The highest BCUT2D eigenvalue weighted by Gasteiger charge is 2.26. The highest BCUT2D eigenvalue weighted by Crippen LogP contribution is 2.25. The number of carbonyl (C=O) groups is 1. The maximum atomic E-state index is 11.2. The summed E-state index contributed by atoms with van der Waals surface area (Å²) in [5.74, 6) is 0.